The summed E-state index contributed by atoms with van der Waals surface area (Å²) in [5, 5.41) is 4.85. The van der Waals surface area contributed by atoms with Gasteiger partial charge >= 0.3 is 0 Å². The van der Waals surface area contributed by atoms with Gasteiger partial charge in [-0.05, 0) is 31.2 Å². The molecule has 0 fully saturated rings. The number of hydrogen-bond acceptors (Lipinski definition) is 3. The highest BCUT2D eigenvalue weighted by Gasteiger charge is 2.04. The Balaban J connectivity index is 2.08. The van der Waals surface area contributed by atoms with E-state index in [1.165, 1.54) is 4.88 Å². The summed E-state index contributed by atoms with van der Waals surface area (Å²) >= 11 is 1.75. The molecule has 3 N–H and O–H groups in total. The van der Waals surface area contributed by atoms with E-state index in [9.17, 15) is 4.79 Å². The molecule has 0 aromatic carbocycles. The van der Waals surface area contributed by atoms with E-state index in [-0.39, 0.29) is 5.91 Å². The van der Waals surface area contributed by atoms with E-state index in [0.29, 0.717) is 6.54 Å². The summed E-state index contributed by atoms with van der Waals surface area (Å²) in [6, 6.07) is 3.75. The molecule has 4 heteroatoms. The van der Waals surface area contributed by atoms with Crippen molar-refractivity contribution < 1.29 is 4.79 Å². The zero-order chi connectivity index (χ0) is 10.4. The van der Waals surface area contributed by atoms with Gasteiger partial charge in [-0.2, -0.15) is 0 Å². The number of nitrogens with two attached hydrogens (primary N) is 1. The Morgan fingerprint density at radius 1 is 1.71 bits per heavy atom. The monoisotopic (exact) mass is 212 g/mol. The van der Waals surface area contributed by atoms with Crippen LogP contribution in [0.25, 0.3) is 0 Å². The first-order chi connectivity index (χ1) is 6.70. The van der Waals surface area contributed by atoms with Crippen LogP contribution in [0.3, 0.4) is 0 Å². The average molecular weight is 212 g/mol. The van der Waals surface area contributed by atoms with Crippen molar-refractivity contribution >= 4 is 17.2 Å². The lowest BCUT2D eigenvalue weighted by Crippen LogP contribution is -2.38. The van der Waals surface area contributed by atoms with Crippen LogP contribution in [-0.4, -0.2) is 18.5 Å². The van der Waals surface area contributed by atoms with E-state index < -0.39 is 6.04 Å². The fourth-order valence-corrected chi connectivity index (χ4v) is 1.84. The standard InChI is InChI=1S/C10H16N2OS/c1-8(11)10(13)12-6-2-4-9-5-3-7-14-9/h3,5,7-8H,2,4,6,11H2,1H3,(H,12,13)/t8-/m1/s1. The van der Waals surface area contributed by atoms with E-state index in [1.807, 2.05) is 6.07 Å². The van der Waals surface area contributed by atoms with Gasteiger partial charge < -0.3 is 11.1 Å². The summed E-state index contributed by atoms with van der Waals surface area (Å²) < 4.78 is 0. The molecule has 1 rings (SSSR count). The predicted octanol–water partition coefficient (Wildman–Crippen LogP) is 1.14. The van der Waals surface area contributed by atoms with Crippen molar-refractivity contribution in [3.63, 3.8) is 0 Å². The summed E-state index contributed by atoms with van der Waals surface area (Å²) in [7, 11) is 0. The van der Waals surface area contributed by atoms with Crippen molar-refractivity contribution in [2.75, 3.05) is 6.54 Å². The van der Waals surface area contributed by atoms with Crippen LogP contribution in [-0.2, 0) is 11.2 Å². The Bertz CT molecular complexity index is 270. The van der Waals surface area contributed by atoms with E-state index in [4.69, 9.17) is 5.73 Å². The number of carbonyl (C=O) groups is 1. The maximum atomic E-state index is 11.1. The van der Waals surface area contributed by atoms with Crippen LogP contribution in [0.2, 0.25) is 0 Å². The largest absolute Gasteiger partial charge is 0.355 e. The molecule has 1 aromatic rings. The normalized spacial score (nSPS) is 12.4. The molecule has 14 heavy (non-hydrogen) atoms. The minimum Gasteiger partial charge on any atom is -0.355 e. The van der Waals surface area contributed by atoms with Gasteiger partial charge in [-0.15, -0.1) is 11.3 Å². The smallest absolute Gasteiger partial charge is 0.236 e. The van der Waals surface area contributed by atoms with Crippen molar-refractivity contribution in [1.82, 2.24) is 5.32 Å². The van der Waals surface area contributed by atoms with Crippen molar-refractivity contribution in [3.05, 3.63) is 22.4 Å². The topological polar surface area (TPSA) is 55.1 Å². The molecule has 0 spiro atoms. The summed E-state index contributed by atoms with van der Waals surface area (Å²) in [6.07, 6.45) is 2.00. The van der Waals surface area contributed by atoms with Crippen molar-refractivity contribution in [3.8, 4) is 0 Å². The summed E-state index contributed by atoms with van der Waals surface area (Å²) in [6.45, 7) is 2.40. The first-order valence-electron chi connectivity index (χ1n) is 4.76. The fraction of sp³-hybridized carbons (Fsp3) is 0.500. The molecule has 1 amide bonds. The van der Waals surface area contributed by atoms with Crippen LogP contribution < -0.4 is 11.1 Å². The Hall–Kier alpha value is -0.870. The summed E-state index contributed by atoms with van der Waals surface area (Å²) in [5.41, 5.74) is 5.40. The third-order valence-electron chi connectivity index (χ3n) is 1.89. The molecule has 0 bridgehead atoms. The van der Waals surface area contributed by atoms with Crippen molar-refractivity contribution in [1.29, 1.82) is 0 Å². The molecule has 1 aromatic heterocycles. The van der Waals surface area contributed by atoms with Crippen LogP contribution in [0.15, 0.2) is 17.5 Å². The molecule has 0 aliphatic heterocycles. The summed E-state index contributed by atoms with van der Waals surface area (Å²) in [5.74, 6) is -0.0730. The van der Waals surface area contributed by atoms with Crippen molar-refractivity contribution in [2.24, 2.45) is 5.73 Å². The quantitative estimate of drug-likeness (QED) is 0.719. The second-order valence-corrected chi connectivity index (χ2v) is 4.29. The Morgan fingerprint density at radius 3 is 3.07 bits per heavy atom. The van der Waals surface area contributed by atoms with Gasteiger partial charge in [-0.1, -0.05) is 6.07 Å². The van der Waals surface area contributed by atoms with Crippen LogP contribution in [0.5, 0.6) is 0 Å². The Labute approximate surface area is 88.3 Å². The number of rotatable bonds is 5. The van der Waals surface area contributed by atoms with Crippen LogP contribution >= 0.6 is 11.3 Å². The number of carbonyl (C=O) groups excluding carboxylic acids is 1. The molecule has 0 aliphatic carbocycles. The molecule has 0 radical (unpaired) electrons. The number of aryl methyl sites for hydroxylation is 1. The molecule has 0 saturated carbocycles. The van der Waals surface area contributed by atoms with E-state index in [1.54, 1.807) is 18.3 Å². The number of amides is 1. The third kappa shape index (κ3) is 3.89. The van der Waals surface area contributed by atoms with E-state index in [2.05, 4.69) is 16.8 Å². The molecule has 0 unspecified atom stereocenters. The van der Waals surface area contributed by atoms with Gasteiger partial charge in [0.2, 0.25) is 5.91 Å². The lowest BCUT2D eigenvalue weighted by Gasteiger charge is -2.06. The molecule has 1 heterocycles. The second kappa shape index (κ2) is 5.78. The van der Waals surface area contributed by atoms with Gasteiger partial charge in [-0.3, -0.25) is 4.79 Å². The first kappa shape index (κ1) is 11.2. The van der Waals surface area contributed by atoms with Crippen LogP contribution in [0.4, 0.5) is 0 Å². The molecular formula is C10H16N2OS. The van der Waals surface area contributed by atoms with Crippen LogP contribution in [0.1, 0.15) is 18.2 Å². The lowest BCUT2D eigenvalue weighted by atomic mass is 10.2. The van der Waals surface area contributed by atoms with Crippen LogP contribution in [0, 0.1) is 0 Å². The minimum atomic E-state index is -0.406. The van der Waals surface area contributed by atoms with Gasteiger partial charge in [0.15, 0.2) is 0 Å². The number of nitrogens with one attached hydrogen (secondary N) is 1. The SMILES string of the molecule is C[C@@H](N)C(=O)NCCCc1cccs1. The zero-order valence-corrected chi connectivity index (χ0v) is 9.14. The Morgan fingerprint density at radius 2 is 2.50 bits per heavy atom. The van der Waals surface area contributed by atoms with Crippen molar-refractivity contribution in [2.45, 2.75) is 25.8 Å². The molecule has 78 valence electrons. The Kier molecular flexibility index (Phi) is 4.62. The maximum absolute atomic E-state index is 11.1. The molecule has 0 saturated heterocycles. The summed E-state index contributed by atoms with van der Waals surface area (Å²) in [4.78, 5) is 12.4. The predicted molar refractivity (Wildman–Crippen MR) is 59.3 cm³/mol. The maximum Gasteiger partial charge on any atom is 0.236 e. The number of hydrogen-bond donors (Lipinski definition) is 2. The third-order valence-corrected chi connectivity index (χ3v) is 2.83. The first-order valence-corrected chi connectivity index (χ1v) is 5.64. The van der Waals surface area contributed by atoms with Gasteiger partial charge in [0.05, 0.1) is 6.04 Å². The minimum absolute atomic E-state index is 0.0730. The fourth-order valence-electron chi connectivity index (χ4n) is 1.09. The van der Waals surface area contributed by atoms with Gasteiger partial charge in [0.1, 0.15) is 0 Å². The zero-order valence-electron chi connectivity index (χ0n) is 8.32. The highest BCUT2D eigenvalue weighted by atomic mass is 32.1. The molecule has 1 atom stereocenters. The van der Waals surface area contributed by atoms with E-state index in [0.717, 1.165) is 12.8 Å². The molecule has 3 nitrogen and oxygen atoms in total. The second-order valence-electron chi connectivity index (χ2n) is 3.26. The highest BCUT2D eigenvalue weighted by molar-refractivity contribution is 7.09. The molecular weight excluding hydrogens is 196 g/mol. The number of thiophene rings is 1. The highest BCUT2D eigenvalue weighted by Crippen LogP contribution is 2.10. The lowest BCUT2D eigenvalue weighted by molar-refractivity contribution is -0.121. The average Bonchev–Trinajstić information content (AvgIpc) is 2.64. The van der Waals surface area contributed by atoms with Gasteiger partial charge in [0.25, 0.3) is 0 Å². The van der Waals surface area contributed by atoms with Gasteiger partial charge in [-0.25, -0.2) is 0 Å². The molecule has 0 aliphatic rings. The van der Waals surface area contributed by atoms with E-state index >= 15 is 0 Å². The van der Waals surface area contributed by atoms with Gasteiger partial charge in [0, 0.05) is 11.4 Å².